The number of hydrogen-bond acceptors (Lipinski definition) is 6. The fraction of sp³-hybridized carbons (Fsp3) is 0.714. The van der Waals surface area contributed by atoms with Crippen molar-refractivity contribution in [2.45, 2.75) is 77.3 Å². The second-order valence-corrected chi connectivity index (χ2v) is 7.81. The Morgan fingerprint density at radius 2 is 1.87 bits per heavy atom. The molecule has 0 unspecified atom stereocenters. The van der Waals surface area contributed by atoms with Crippen molar-refractivity contribution in [2.75, 3.05) is 25.4 Å². The molecule has 0 saturated carbocycles. The minimum absolute atomic E-state index is 0.250. The third kappa shape index (κ3) is 7.51. The summed E-state index contributed by atoms with van der Waals surface area (Å²) in [4.78, 5) is 19.8. The van der Waals surface area contributed by atoms with Crippen molar-refractivity contribution in [1.82, 2.24) is 25.1 Å². The first-order chi connectivity index (χ1) is 14.6. The average molecular weight is 423 g/mol. The highest BCUT2D eigenvalue weighted by Gasteiger charge is 2.17. The molecule has 2 aromatic rings. The first-order valence-corrected chi connectivity index (χ1v) is 11.0. The van der Waals surface area contributed by atoms with Gasteiger partial charge in [-0.05, 0) is 45.1 Å². The highest BCUT2D eigenvalue weighted by molar-refractivity contribution is 5.85. The molecule has 30 heavy (non-hydrogen) atoms. The molecule has 0 aromatic carbocycles. The van der Waals surface area contributed by atoms with Gasteiger partial charge in [0.15, 0.2) is 5.82 Å². The Bertz CT molecular complexity index is 761. The second-order valence-electron chi connectivity index (χ2n) is 7.81. The van der Waals surface area contributed by atoms with E-state index in [1.54, 1.807) is 0 Å². The normalized spacial score (nSPS) is 15.1. The summed E-state index contributed by atoms with van der Waals surface area (Å²) in [6.45, 7) is 4.85. The number of nitrogen functional groups attached to an aromatic ring is 1. The molecular formula is C21H35FN6O2. The smallest absolute Gasteiger partial charge is 0.290 e. The highest BCUT2D eigenvalue weighted by atomic mass is 19.1. The zero-order valence-electron chi connectivity index (χ0n) is 17.9. The maximum atomic E-state index is 13.2. The molecule has 0 aliphatic carbocycles. The number of rotatable bonds is 10. The van der Waals surface area contributed by atoms with Crippen molar-refractivity contribution in [3.8, 4) is 0 Å². The van der Waals surface area contributed by atoms with Gasteiger partial charge in [0.1, 0.15) is 23.0 Å². The van der Waals surface area contributed by atoms with E-state index < -0.39 is 6.17 Å². The maximum absolute atomic E-state index is 13.2. The van der Waals surface area contributed by atoms with Gasteiger partial charge >= 0.3 is 0 Å². The van der Waals surface area contributed by atoms with Crippen LogP contribution in [0.2, 0.25) is 0 Å². The number of carbonyl (C=O) groups is 1. The van der Waals surface area contributed by atoms with Gasteiger partial charge in [0.2, 0.25) is 0 Å². The molecule has 1 aliphatic heterocycles. The first-order valence-electron chi connectivity index (χ1n) is 11.0. The molecule has 0 atom stereocenters. The molecule has 2 aromatic heterocycles. The van der Waals surface area contributed by atoms with Crippen molar-refractivity contribution >= 4 is 23.3 Å². The number of aryl methyl sites for hydroxylation is 2. The fourth-order valence-electron chi connectivity index (χ4n) is 3.75. The highest BCUT2D eigenvalue weighted by Crippen LogP contribution is 2.21. The summed E-state index contributed by atoms with van der Waals surface area (Å²) >= 11 is 0. The van der Waals surface area contributed by atoms with Gasteiger partial charge in [-0.3, -0.25) is 9.89 Å². The molecule has 3 rings (SSSR count). The molecule has 0 amide bonds. The third-order valence-corrected chi connectivity index (χ3v) is 5.47. The van der Waals surface area contributed by atoms with Gasteiger partial charge in [0.25, 0.3) is 6.47 Å². The summed E-state index contributed by atoms with van der Waals surface area (Å²) in [6, 6.07) is 0. The number of anilines is 1. The van der Waals surface area contributed by atoms with Crippen LogP contribution in [0.4, 0.5) is 10.2 Å². The Labute approximate surface area is 177 Å². The standard InChI is InChI=1S/C20H33FN6.CH2O2/c1-2-3-9-17-23-18-16(25-26-19(18)20(22)24-17)8-6-4-5-7-12-27-13-10-15(21)11-14-27;2-1-3/h15H,2-14H2,1H3,(H,25,26)(H2,22,23,24);1H,(H,2,3). The number of H-pyrrole nitrogens is 1. The summed E-state index contributed by atoms with van der Waals surface area (Å²) in [5.41, 5.74) is 8.72. The van der Waals surface area contributed by atoms with Crippen molar-refractivity contribution in [1.29, 1.82) is 0 Å². The summed E-state index contributed by atoms with van der Waals surface area (Å²) in [5, 5.41) is 14.3. The number of halogens is 1. The zero-order valence-corrected chi connectivity index (χ0v) is 17.9. The van der Waals surface area contributed by atoms with Gasteiger partial charge in [-0.2, -0.15) is 5.10 Å². The summed E-state index contributed by atoms with van der Waals surface area (Å²) < 4.78 is 13.2. The van der Waals surface area contributed by atoms with E-state index in [0.29, 0.717) is 18.7 Å². The van der Waals surface area contributed by atoms with Crippen molar-refractivity contribution in [2.24, 2.45) is 0 Å². The Morgan fingerprint density at radius 3 is 2.57 bits per heavy atom. The number of carboxylic acid groups (broad SMARTS) is 1. The molecule has 1 aliphatic rings. The number of nitrogens with two attached hydrogens (primary N) is 1. The van der Waals surface area contributed by atoms with Crippen LogP contribution in [0, 0.1) is 0 Å². The number of fused-ring (bicyclic) bond motifs is 1. The second kappa shape index (κ2) is 13.1. The number of unbranched alkanes of at least 4 members (excludes halogenated alkanes) is 4. The van der Waals surface area contributed by atoms with Crippen molar-refractivity contribution in [3.63, 3.8) is 0 Å². The van der Waals surface area contributed by atoms with E-state index in [0.717, 1.165) is 74.3 Å². The van der Waals surface area contributed by atoms with E-state index in [1.807, 2.05) is 0 Å². The number of aromatic nitrogens is 4. The summed E-state index contributed by atoms with van der Waals surface area (Å²) in [5.74, 6) is 1.32. The number of aromatic amines is 1. The molecule has 168 valence electrons. The van der Waals surface area contributed by atoms with Gasteiger partial charge in [0.05, 0.1) is 5.69 Å². The molecule has 8 nitrogen and oxygen atoms in total. The lowest BCUT2D eigenvalue weighted by molar-refractivity contribution is -0.122. The Kier molecular flexibility index (Phi) is 10.5. The minimum atomic E-state index is -0.578. The van der Waals surface area contributed by atoms with Crippen LogP contribution < -0.4 is 5.73 Å². The largest absolute Gasteiger partial charge is 0.483 e. The molecule has 0 bridgehead atoms. The Morgan fingerprint density at radius 1 is 1.17 bits per heavy atom. The lowest BCUT2D eigenvalue weighted by atomic mass is 10.1. The molecule has 4 N–H and O–H groups in total. The van der Waals surface area contributed by atoms with Gasteiger partial charge in [0, 0.05) is 19.5 Å². The topological polar surface area (TPSA) is 121 Å². The lowest BCUT2D eigenvalue weighted by Crippen LogP contribution is -2.35. The van der Waals surface area contributed by atoms with Crippen molar-refractivity contribution < 1.29 is 14.3 Å². The molecular weight excluding hydrogens is 387 g/mol. The Balaban J connectivity index is 0.00000101. The SMILES string of the molecule is CCCCc1nc(N)c2[nH]nc(CCCCCCN3CCC(F)CC3)c2n1.O=CO. The zero-order chi connectivity index (χ0) is 21.8. The monoisotopic (exact) mass is 422 g/mol. The number of nitrogens with one attached hydrogen (secondary N) is 1. The number of alkyl halides is 1. The van der Waals surface area contributed by atoms with Crippen LogP contribution in [0.3, 0.4) is 0 Å². The van der Waals surface area contributed by atoms with Crippen LogP contribution in [0.5, 0.6) is 0 Å². The number of likely N-dealkylation sites (tertiary alicyclic amines) is 1. The molecule has 1 saturated heterocycles. The molecule has 1 fully saturated rings. The van der Waals surface area contributed by atoms with Gasteiger partial charge in [-0.1, -0.05) is 26.2 Å². The van der Waals surface area contributed by atoms with E-state index >= 15 is 0 Å². The molecule has 3 heterocycles. The lowest BCUT2D eigenvalue weighted by Gasteiger charge is -2.28. The van der Waals surface area contributed by atoms with Crippen LogP contribution >= 0.6 is 0 Å². The van der Waals surface area contributed by atoms with Gasteiger partial charge in [-0.15, -0.1) is 0 Å². The van der Waals surface area contributed by atoms with E-state index in [-0.39, 0.29) is 6.47 Å². The van der Waals surface area contributed by atoms with Gasteiger partial charge < -0.3 is 15.7 Å². The van der Waals surface area contributed by atoms with Crippen molar-refractivity contribution in [3.05, 3.63) is 11.5 Å². The maximum Gasteiger partial charge on any atom is 0.290 e. The van der Waals surface area contributed by atoms with Crippen LogP contribution in [0.1, 0.15) is 69.8 Å². The Hall–Kier alpha value is -2.29. The predicted molar refractivity (Wildman–Crippen MR) is 116 cm³/mol. The predicted octanol–water partition coefficient (Wildman–Crippen LogP) is 3.52. The third-order valence-electron chi connectivity index (χ3n) is 5.47. The molecule has 0 spiro atoms. The minimum Gasteiger partial charge on any atom is -0.483 e. The van der Waals surface area contributed by atoms with E-state index in [4.69, 9.17) is 20.6 Å². The van der Waals surface area contributed by atoms with Crippen LogP contribution in [-0.2, 0) is 17.6 Å². The van der Waals surface area contributed by atoms with Crippen LogP contribution in [-0.4, -0.2) is 62.4 Å². The number of hydrogen-bond donors (Lipinski definition) is 3. The van der Waals surface area contributed by atoms with Crippen LogP contribution in [0.15, 0.2) is 0 Å². The van der Waals surface area contributed by atoms with Gasteiger partial charge in [-0.25, -0.2) is 14.4 Å². The van der Waals surface area contributed by atoms with E-state index in [9.17, 15) is 4.39 Å². The van der Waals surface area contributed by atoms with E-state index in [1.165, 1.54) is 19.3 Å². The summed E-state index contributed by atoms with van der Waals surface area (Å²) in [7, 11) is 0. The number of piperidine rings is 1. The average Bonchev–Trinajstić information content (AvgIpc) is 3.14. The quantitative estimate of drug-likeness (QED) is 0.396. The first kappa shape index (κ1) is 24.0. The van der Waals surface area contributed by atoms with Crippen LogP contribution in [0.25, 0.3) is 11.0 Å². The summed E-state index contributed by atoms with van der Waals surface area (Å²) in [6.07, 6.45) is 9.47. The fourth-order valence-corrected chi connectivity index (χ4v) is 3.75. The number of nitrogens with zero attached hydrogens (tertiary/aromatic N) is 4. The van der Waals surface area contributed by atoms with E-state index in [2.05, 4.69) is 27.0 Å². The molecule has 9 heteroatoms. The molecule has 0 radical (unpaired) electrons.